The molecule has 64 heavy (non-hydrogen) atoms. The van der Waals surface area contributed by atoms with Gasteiger partial charge in [0.05, 0.1) is 39.5 Å². The van der Waals surface area contributed by atoms with Crippen LogP contribution in [0.25, 0.3) is 90.9 Å². The molecule has 322 valence electrons. The molecule has 0 unspecified atom stereocenters. The maximum Gasteiger partial charge on any atom is 0.200 e. The number of halogens is 15. The van der Waals surface area contributed by atoms with Crippen molar-refractivity contribution >= 4 is 46.4 Å². The number of hydrogen-bond acceptors (Lipinski definition) is 2. The summed E-state index contributed by atoms with van der Waals surface area (Å²) in [4.78, 5) is 13.9. The number of nitrogens with one attached hydrogen (secondary N) is 2. The lowest BCUT2D eigenvalue weighted by molar-refractivity contribution is -0.671. The third-order valence-corrected chi connectivity index (χ3v) is 10.4. The van der Waals surface area contributed by atoms with Gasteiger partial charge in [-0.1, -0.05) is 0 Å². The molecule has 7 aromatic rings. The number of hydrogen-bond donors (Lipinski definition) is 2. The molecule has 5 nitrogen and oxygen atoms in total. The standard InChI is InChI=1S/C44H16F15N5/c1-64-12-10-14(11-13-64)23-15-2-4-17(60-15)24(27-30(45)36(51)42(57)37(52)31(27)46)19-6-8-21(62-19)26(29-34(49)40(55)44(59)41(56)35(29)50)22-9-7-20(63-22)25(18-5-3-16(23)61-18)28-32(47)38(53)43(58)39(54)33(28)48/h2-13H,1H3,(H,60,61,62,63)/p+1. The van der Waals surface area contributed by atoms with Crippen LogP contribution >= 0.6 is 0 Å². The monoisotopic (exact) mass is 900 g/mol. The van der Waals surface area contributed by atoms with Crippen LogP contribution in [0.2, 0.25) is 0 Å². The second-order valence-corrected chi connectivity index (χ2v) is 14.1. The highest BCUT2D eigenvalue weighted by Crippen LogP contribution is 2.43. The molecule has 0 fully saturated rings. The lowest BCUT2D eigenvalue weighted by Gasteiger charge is -2.11. The molecule has 8 bridgehead atoms. The number of pyridine rings is 1. The van der Waals surface area contributed by atoms with Crippen molar-refractivity contribution in [2.45, 2.75) is 0 Å². The quantitative estimate of drug-likeness (QED) is 0.0800. The van der Waals surface area contributed by atoms with Gasteiger partial charge in [-0.15, -0.1) is 0 Å². The Morgan fingerprint density at radius 1 is 0.312 bits per heavy atom. The second-order valence-electron chi connectivity index (χ2n) is 14.1. The molecule has 0 amide bonds. The number of H-pyrrole nitrogens is 2. The predicted octanol–water partition coefficient (Wildman–Crippen LogP) is 12.2. The first kappa shape index (κ1) is 41.7. The first-order valence-electron chi connectivity index (χ1n) is 18.1. The molecular formula is C44H17F15N5+. The first-order valence-corrected chi connectivity index (χ1v) is 18.1. The summed E-state index contributed by atoms with van der Waals surface area (Å²) in [6.07, 6.45) is 7.05. The van der Waals surface area contributed by atoms with E-state index in [1.165, 1.54) is 24.3 Å². The Morgan fingerprint density at radius 3 is 0.828 bits per heavy atom. The van der Waals surface area contributed by atoms with Gasteiger partial charge >= 0.3 is 0 Å². The topological polar surface area (TPSA) is 61.2 Å². The van der Waals surface area contributed by atoms with Crippen LogP contribution in [0.15, 0.2) is 48.8 Å². The van der Waals surface area contributed by atoms with Gasteiger partial charge in [0.25, 0.3) is 0 Å². The molecule has 2 aliphatic rings. The van der Waals surface area contributed by atoms with Crippen molar-refractivity contribution in [2.24, 2.45) is 7.05 Å². The molecule has 0 aliphatic carbocycles. The van der Waals surface area contributed by atoms with Gasteiger partial charge in [0.1, 0.15) is 7.05 Å². The van der Waals surface area contributed by atoms with Gasteiger partial charge in [0, 0.05) is 56.5 Å². The normalized spacial score (nSPS) is 12.2. The highest BCUT2D eigenvalue weighted by molar-refractivity contribution is 6.00. The zero-order valence-electron chi connectivity index (χ0n) is 31.4. The van der Waals surface area contributed by atoms with Crippen LogP contribution in [0, 0.1) is 87.3 Å². The van der Waals surface area contributed by atoms with E-state index in [0.717, 1.165) is 36.4 Å². The smallest absolute Gasteiger partial charge is 0.200 e. The van der Waals surface area contributed by atoms with Crippen molar-refractivity contribution in [1.82, 2.24) is 19.9 Å². The van der Waals surface area contributed by atoms with Gasteiger partial charge in [0.2, 0.25) is 17.5 Å². The minimum Gasteiger partial charge on any atom is -0.354 e. The van der Waals surface area contributed by atoms with Crippen LogP contribution in [-0.2, 0) is 7.05 Å². The number of nitrogens with zero attached hydrogens (tertiary/aromatic N) is 3. The van der Waals surface area contributed by atoms with Crippen LogP contribution < -0.4 is 4.57 Å². The van der Waals surface area contributed by atoms with E-state index in [-0.39, 0.29) is 16.8 Å². The third-order valence-electron chi connectivity index (χ3n) is 10.4. The van der Waals surface area contributed by atoms with Crippen molar-refractivity contribution in [3.05, 3.63) is 159 Å². The number of benzene rings is 3. The lowest BCUT2D eigenvalue weighted by atomic mass is 10.0. The van der Waals surface area contributed by atoms with Crippen LogP contribution in [0.4, 0.5) is 65.9 Å². The summed E-state index contributed by atoms with van der Waals surface area (Å²) in [5.74, 6) is -36.6. The highest BCUT2D eigenvalue weighted by Gasteiger charge is 2.34. The molecule has 0 saturated heterocycles. The lowest BCUT2D eigenvalue weighted by Crippen LogP contribution is -2.25. The van der Waals surface area contributed by atoms with E-state index < -0.39 is 154 Å². The minimum atomic E-state index is -2.61. The van der Waals surface area contributed by atoms with E-state index in [2.05, 4.69) is 19.9 Å². The number of aryl methyl sites for hydroxylation is 1. The number of aromatic amines is 2. The first-order chi connectivity index (χ1) is 30.4. The summed E-state index contributed by atoms with van der Waals surface area (Å²) in [5.41, 5.74) is -11.4. The largest absolute Gasteiger partial charge is 0.354 e. The van der Waals surface area contributed by atoms with Crippen LogP contribution in [-0.4, -0.2) is 19.9 Å². The molecule has 6 heterocycles. The maximum absolute atomic E-state index is 15.8. The molecule has 0 spiro atoms. The van der Waals surface area contributed by atoms with E-state index >= 15 is 26.3 Å². The molecule has 9 rings (SSSR count). The van der Waals surface area contributed by atoms with E-state index in [1.54, 1.807) is 24.0 Å². The van der Waals surface area contributed by atoms with Gasteiger partial charge < -0.3 is 9.97 Å². The van der Waals surface area contributed by atoms with Gasteiger partial charge in [-0.2, -0.15) is 0 Å². The third kappa shape index (κ3) is 6.17. The summed E-state index contributed by atoms with van der Waals surface area (Å²) in [6.45, 7) is 0. The van der Waals surface area contributed by atoms with Crippen LogP contribution in [0.1, 0.15) is 22.8 Å². The zero-order chi connectivity index (χ0) is 45.8. The van der Waals surface area contributed by atoms with Crippen molar-refractivity contribution < 1.29 is 70.4 Å². The van der Waals surface area contributed by atoms with Crippen molar-refractivity contribution in [3.8, 4) is 44.5 Å². The number of aromatic nitrogens is 5. The summed E-state index contributed by atoms with van der Waals surface area (Å²) in [7, 11) is 1.65. The Morgan fingerprint density at radius 2 is 0.547 bits per heavy atom. The molecule has 4 aromatic heterocycles. The Balaban J connectivity index is 1.56. The molecule has 3 aromatic carbocycles. The van der Waals surface area contributed by atoms with Crippen molar-refractivity contribution in [2.75, 3.05) is 0 Å². The van der Waals surface area contributed by atoms with Crippen LogP contribution in [0.3, 0.4) is 0 Å². The van der Waals surface area contributed by atoms with Gasteiger partial charge in [-0.25, -0.2) is 80.4 Å². The van der Waals surface area contributed by atoms with Gasteiger partial charge in [-0.3, -0.25) is 0 Å². The Bertz CT molecular complexity index is 3310. The van der Waals surface area contributed by atoms with E-state index in [9.17, 15) is 39.5 Å². The molecule has 0 radical (unpaired) electrons. The van der Waals surface area contributed by atoms with E-state index in [4.69, 9.17) is 0 Å². The molecular weight excluding hydrogens is 883 g/mol. The molecule has 0 atom stereocenters. The molecule has 2 N–H and O–H groups in total. The number of fused-ring (bicyclic) bond motifs is 8. The zero-order valence-corrected chi connectivity index (χ0v) is 31.4. The fraction of sp³-hybridized carbons (Fsp3) is 0.0227. The summed E-state index contributed by atoms with van der Waals surface area (Å²) in [6, 6.07) is 7.11. The SMILES string of the molecule is C[n+]1ccc(-c2c3nc(c(-c4c(F)c(F)c(F)c(F)c4F)c4ccc([nH]4)c(-c4c(F)c(F)c(F)c(F)c4F)c4nc(c(-c5c(F)c(F)c(F)c(F)c5F)c5ccc2[nH]5)C=C4)C=C3)cc1. The highest BCUT2D eigenvalue weighted by atomic mass is 19.2. The number of rotatable bonds is 4. The van der Waals surface area contributed by atoms with Crippen molar-refractivity contribution in [1.29, 1.82) is 0 Å². The van der Waals surface area contributed by atoms with E-state index in [0.29, 0.717) is 5.56 Å². The Hall–Kier alpha value is -7.64. The van der Waals surface area contributed by atoms with Crippen molar-refractivity contribution in [3.63, 3.8) is 0 Å². The fourth-order valence-electron chi connectivity index (χ4n) is 7.44. The fourth-order valence-corrected chi connectivity index (χ4v) is 7.44. The van der Waals surface area contributed by atoms with Gasteiger partial charge in [0.15, 0.2) is 82.2 Å². The minimum absolute atomic E-state index is 0.0395. The summed E-state index contributed by atoms with van der Waals surface area (Å²) < 4.78 is 229. The molecule has 0 saturated carbocycles. The molecule has 2 aliphatic heterocycles. The van der Waals surface area contributed by atoms with E-state index in [1.807, 2.05) is 0 Å². The molecule has 20 heteroatoms. The maximum atomic E-state index is 15.8. The predicted molar refractivity (Wildman–Crippen MR) is 201 cm³/mol. The average Bonchev–Trinajstić information content (AvgIpc) is 4.14. The van der Waals surface area contributed by atoms with Gasteiger partial charge in [-0.05, 0) is 54.1 Å². The average molecular weight is 901 g/mol. The Labute approximate surface area is 346 Å². The summed E-state index contributed by atoms with van der Waals surface area (Å²) >= 11 is 0. The second kappa shape index (κ2) is 15.0. The summed E-state index contributed by atoms with van der Waals surface area (Å²) in [5, 5.41) is 0. The Kier molecular flexibility index (Phi) is 9.79. The van der Waals surface area contributed by atoms with Crippen LogP contribution in [0.5, 0.6) is 0 Å².